The summed E-state index contributed by atoms with van der Waals surface area (Å²) in [6.07, 6.45) is 1.79. The fourth-order valence-corrected chi connectivity index (χ4v) is 2.92. The third-order valence-corrected chi connectivity index (χ3v) is 4.11. The fourth-order valence-electron chi connectivity index (χ4n) is 1.40. The molecule has 0 atom stereocenters. The SMILES string of the molecule is Cc1cnc(Sc2cccc(C(=O)O)c2)c(Br)c1. The summed E-state index contributed by atoms with van der Waals surface area (Å²) in [5, 5.41) is 9.75. The average molecular weight is 324 g/mol. The third kappa shape index (κ3) is 3.11. The third-order valence-electron chi connectivity index (χ3n) is 2.24. The lowest BCUT2D eigenvalue weighted by atomic mass is 10.2. The van der Waals surface area contributed by atoms with E-state index in [2.05, 4.69) is 20.9 Å². The van der Waals surface area contributed by atoms with Gasteiger partial charge in [-0.15, -0.1) is 0 Å². The van der Waals surface area contributed by atoms with Crippen LogP contribution in [0.15, 0.2) is 50.9 Å². The Bertz CT molecular complexity index is 601. The molecule has 2 rings (SSSR count). The molecule has 1 aromatic heterocycles. The van der Waals surface area contributed by atoms with Crippen molar-refractivity contribution < 1.29 is 9.90 Å². The Labute approximate surface area is 117 Å². The predicted molar refractivity (Wildman–Crippen MR) is 74.2 cm³/mol. The minimum absolute atomic E-state index is 0.281. The number of carboxylic acids is 1. The predicted octanol–water partition coefficient (Wildman–Crippen LogP) is 4.00. The zero-order chi connectivity index (χ0) is 13.1. The van der Waals surface area contributed by atoms with Crippen molar-refractivity contribution in [3.8, 4) is 0 Å². The molecule has 92 valence electrons. The minimum atomic E-state index is -0.923. The van der Waals surface area contributed by atoms with Crippen molar-refractivity contribution >= 4 is 33.7 Å². The molecule has 0 unspecified atom stereocenters. The van der Waals surface area contributed by atoms with Gasteiger partial charge in [-0.05, 0) is 52.7 Å². The van der Waals surface area contributed by atoms with Crippen LogP contribution >= 0.6 is 27.7 Å². The maximum atomic E-state index is 10.9. The van der Waals surface area contributed by atoms with Crippen LogP contribution < -0.4 is 0 Å². The number of carbonyl (C=O) groups is 1. The van der Waals surface area contributed by atoms with Crippen LogP contribution in [0.5, 0.6) is 0 Å². The monoisotopic (exact) mass is 323 g/mol. The Balaban J connectivity index is 2.28. The number of halogens is 1. The topological polar surface area (TPSA) is 50.2 Å². The van der Waals surface area contributed by atoms with Crippen molar-refractivity contribution in [2.45, 2.75) is 16.8 Å². The minimum Gasteiger partial charge on any atom is -0.478 e. The van der Waals surface area contributed by atoms with Gasteiger partial charge in [-0.1, -0.05) is 17.8 Å². The number of carboxylic acid groups (broad SMARTS) is 1. The van der Waals surface area contributed by atoms with E-state index in [-0.39, 0.29) is 5.56 Å². The van der Waals surface area contributed by atoms with Gasteiger partial charge in [-0.25, -0.2) is 9.78 Å². The van der Waals surface area contributed by atoms with Crippen molar-refractivity contribution in [1.82, 2.24) is 4.98 Å². The van der Waals surface area contributed by atoms with Crippen molar-refractivity contribution in [3.63, 3.8) is 0 Å². The van der Waals surface area contributed by atoms with E-state index in [1.807, 2.05) is 19.1 Å². The second-order valence-corrected chi connectivity index (χ2v) is 5.65. The lowest BCUT2D eigenvalue weighted by Crippen LogP contribution is -1.95. The molecule has 0 aliphatic carbocycles. The number of hydrogen-bond donors (Lipinski definition) is 1. The number of aryl methyl sites for hydroxylation is 1. The first-order chi connectivity index (χ1) is 8.56. The van der Waals surface area contributed by atoms with Crippen LogP contribution in [0, 0.1) is 6.92 Å². The first-order valence-corrected chi connectivity index (χ1v) is 6.80. The average Bonchev–Trinajstić information content (AvgIpc) is 2.33. The number of rotatable bonds is 3. The van der Waals surface area contributed by atoms with E-state index in [0.29, 0.717) is 0 Å². The van der Waals surface area contributed by atoms with E-state index in [0.717, 1.165) is 20.0 Å². The highest BCUT2D eigenvalue weighted by Gasteiger charge is 2.07. The van der Waals surface area contributed by atoms with E-state index in [9.17, 15) is 4.79 Å². The van der Waals surface area contributed by atoms with Crippen LogP contribution in [0.3, 0.4) is 0 Å². The summed E-state index contributed by atoms with van der Waals surface area (Å²) in [7, 11) is 0. The summed E-state index contributed by atoms with van der Waals surface area (Å²) in [6, 6.07) is 8.79. The molecule has 0 spiro atoms. The lowest BCUT2D eigenvalue weighted by molar-refractivity contribution is 0.0696. The second kappa shape index (κ2) is 5.54. The summed E-state index contributed by atoms with van der Waals surface area (Å²) in [5.74, 6) is -0.923. The molecule has 0 radical (unpaired) electrons. The summed E-state index contributed by atoms with van der Waals surface area (Å²) in [4.78, 5) is 16.1. The Kier molecular flexibility index (Phi) is 4.04. The number of benzene rings is 1. The largest absolute Gasteiger partial charge is 0.478 e. The standard InChI is InChI=1S/C13H10BrNO2S/c1-8-5-11(14)12(15-7-8)18-10-4-2-3-9(6-10)13(16)17/h2-7H,1H3,(H,16,17). The molecule has 1 heterocycles. The quantitative estimate of drug-likeness (QED) is 0.927. The van der Waals surface area contributed by atoms with Crippen molar-refractivity contribution in [2.24, 2.45) is 0 Å². The normalized spacial score (nSPS) is 10.3. The van der Waals surface area contributed by atoms with E-state index in [4.69, 9.17) is 5.11 Å². The van der Waals surface area contributed by atoms with Gasteiger partial charge in [-0.3, -0.25) is 0 Å². The Morgan fingerprint density at radius 3 is 2.83 bits per heavy atom. The van der Waals surface area contributed by atoms with Gasteiger partial charge in [-0.2, -0.15) is 0 Å². The van der Waals surface area contributed by atoms with Crippen LogP contribution in [0.4, 0.5) is 0 Å². The second-order valence-electron chi connectivity index (χ2n) is 3.73. The zero-order valence-corrected chi connectivity index (χ0v) is 12.0. The number of pyridine rings is 1. The molecule has 1 aromatic carbocycles. The Hall–Kier alpha value is -1.33. The molecule has 0 aliphatic rings. The van der Waals surface area contributed by atoms with E-state index in [1.54, 1.807) is 24.4 Å². The molecular formula is C13H10BrNO2S. The molecule has 0 bridgehead atoms. The highest BCUT2D eigenvalue weighted by molar-refractivity contribution is 9.10. The van der Waals surface area contributed by atoms with Crippen molar-refractivity contribution in [3.05, 3.63) is 52.1 Å². The van der Waals surface area contributed by atoms with Gasteiger partial charge in [0.05, 0.1) is 10.0 Å². The van der Waals surface area contributed by atoms with Crippen molar-refractivity contribution in [2.75, 3.05) is 0 Å². The number of aromatic carboxylic acids is 1. The molecule has 5 heteroatoms. The van der Waals surface area contributed by atoms with Gasteiger partial charge in [0.15, 0.2) is 0 Å². The summed E-state index contributed by atoms with van der Waals surface area (Å²) >= 11 is 4.89. The molecule has 2 aromatic rings. The van der Waals surface area contributed by atoms with E-state index < -0.39 is 5.97 Å². The van der Waals surface area contributed by atoms with Crippen LogP contribution in [0.1, 0.15) is 15.9 Å². The van der Waals surface area contributed by atoms with Gasteiger partial charge in [0.2, 0.25) is 0 Å². The molecule has 0 fully saturated rings. The fraction of sp³-hybridized carbons (Fsp3) is 0.0769. The summed E-state index contributed by atoms with van der Waals surface area (Å²) < 4.78 is 0.910. The molecular weight excluding hydrogens is 314 g/mol. The summed E-state index contributed by atoms with van der Waals surface area (Å²) in [6.45, 7) is 1.97. The van der Waals surface area contributed by atoms with Crippen LogP contribution in [-0.2, 0) is 0 Å². The molecule has 0 saturated heterocycles. The first kappa shape index (κ1) is 13.1. The highest BCUT2D eigenvalue weighted by atomic mass is 79.9. The van der Waals surface area contributed by atoms with Gasteiger partial charge < -0.3 is 5.11 Å². The van der Waals surface area contributed by atoms with Gasteiger partial charge in [0.1, 0.15) is 5.03 Å². The highest BCUT2D eigenvalue weighted by Crippen LogP contribution is 2.32. The molecule has 3 nitrogen and oxygen atoms in total. The smallest absolute Gasteiger partial charge is 0.335 e. The van der Waals surface area contributed by atoms with Gasteiger partial charge in [0.25, 0.3) is 0 Å². The molecule has 0 amide bonds. The number of hydrogen-bond acceptors (Lipinski definition) is 3. The van der Waals surface area contributed by atoms with Gasteiger partial charge >= 0.3 is 5.97 Å². The number of nitrogens with zero attached hydrogens (tertiary/aromatic N) is 1. The zero-order valence-electron chi connectivity index (χ0n) is 9.55. The Morgan fingerprint density at radius 2 is 2.17 bits per heavy atom. The van der Waals surface area contributed by atoms with E-state index in [1.165, 1.54) is 11.8 Å². The Morgan fingerprint density at radius 1 is 1.39 bits per heavy atom. The maximum absolute atomic E-state index is 10.9. The lowest BCUT2D eigenvalue weighted by Gasteiger charge is -2.05. The molecule has 0 saturated carbocycles. The number of aromatic nitrogens is 1. The molecule has 1 N–H and O–H groups in total. The van der Waals surface area contributed by atoms with Crippen LogP contribution in [0.25, 0.3) is 0 Å². The molecule has 18 heavy (non-hydrogen) atoms. The van der Waals surface area contributed by atoms with Gasteiger partial charge in [0, 0.05) is 11.1 Å². The van der Waals surface area contributed by atoms with E-state index >= 15 is 0 Å². The van der Waals surface area contributed by atoms with Crippen LogP contribution in [0.2, 0.25) is 0 Å². The summed E-state index contributed by atoms with van der Waals surface area (Å²) in [5.41, 5.74) is 1.36. The molecule has 0 aliphatic heterocycles. The first-order valence-electron chi connectivity index (χ1n) is 5.19. The van der Waals surface area contributed by atoms with Crippen LogP contribution in [-0.4, -0.2) is 16.1 Å². The van der Waals surface area contributed by atoms with Crippen molar-refractivity contribution in [1.29, 1.82) is 0 Å². The maximum Gasteiger partial charge on any atom is 0.335 e.